The second-order valence-corrected chi connectivity index (χ2v) is 14.2. The number of rotatable bonds is 9. The summed E-state index contributed by atoms with van der Waals surface area (Å²) in [5.74, 6) is -1.89. The Morgan fingerprint density at radius 2 is 1.43 bits per heavy atom. The predicted octanol–water partition coefficient (Wildman–Crippen LogP) is 9.08. The molecule has 3 aliphatic carbocycles. The molecule has 10 rings (SSSR count). The number of hydrogen-bond donors (Lipinski definition) is 2. The second-order valence-electron chi connectivity index (χ2n) is 13.8. The maximum atomic E-state index is 16.6. The molecule has 4 heterocycles. The lowest BCUT2D eigenvalue weighted by Crippen LogP contribution is -2.51. The van der Waals surface area contributed by atoms with Gasteiger partial charge in [-0.3, -0.25) is 4.79 Å². The largest absolute Gasteiger partial charge is 0.481 e. The Hall–Kier alpha value is -5.87. The Bertz CT molecular complexity index is 2320. The van der Waals surface area contributed by atoms with Crippen LogP contribution in [0.15, 0.2) is 126 Å². The lowest BCUT2D eigenvalue weighted by atomic mass is 9.61. The third-order valence-corrected chi connectivity index (χ3v) is 11.2. The quantitative estimate of drug-likeness (QED) is 0.142. The second kappa shape index (κ2) is 13.3. The van der Waals surface area contributed by atoms with E-state index in [4.69, 9.17) is 36.0 Å². The highest BCUT2D eigenvalue weighted by molar-refractivity contribution is 6.29. The van der Waals surface area contributed by atoms with Gasteiger partial charge in [0.05, 0.1) is 23.9 Å². The van der Waals surface area contributed by atoms with Crippen LogP contribution in [0, 0.1) is 23.6 Å². The molecule has 2 atom stereocenters. The average Bonchev–Trinajstić information content (AvgIpc) is 3.87. The Labute approximate surface area is 309 Å². The number of aliphatic carboxylic acids is 1. The summed E-state index contributed by atoms with van der Waals surface area (Å²) in [7, 11) is 0. The van der Waals surface area contributed by atoms with E-state index in [9.17, 15) is 9.90 Å². The number of benzene rings is 3. The predicted molar refractivity (Wildman–Crippen MR) is 200 cm³/mol. The van der Waals surface area contributed by atoms with E-state index in [1.54, 1.807) is 12.1 Å². The van der Waals surface area contributed by atoms with E-state index in [1.807, 2.05) is 65.4 Å². The highest BCUT2D eigenvalue weighted by Crippen LogP contribution is 2.48. The number of anilines is 1. The molecule has 11 heteroatoms. The number of aromatic nitrogens is 5. The van der Waals surface area contributed by atoms with Crippen LogP contribution in [0.5, 0.6) is 0 Å². The molecule has 0 radical (unpaired) electrons. The van der Waals surface area contributed by atoms with Crippen LogP contribution >= 0.6 is 11.6 Å². The summed E-state index contributed by atoms with van der Waals surface area (Å²) in [4.78, 5) is 31.8. The first-order valence-electron chi connectivity index (χ1n) is 17.7. The number of nitrogens with zero attached hydrogens (tertiary/aromatic N) is 5. The number of carboxylic acids is 1. The van der Waals surface area contributed by atoms with E-state index >= 15 is 4.39 Å². The third kappa shape index (κ3) is 5.47. The van der Waals surface area contributed by atoms with Gasteiger partial charge in [-0.05, 0) is 66.3 Å². The van der Waals surface area contributed by atoms with Gasteiger partial charge in [0.25, 0.3) is 0 Å². The molecule has 7 aromatic rings. The van der Waals surface area contributed by atoms with Crippen LogP contribution in [0.2, 0.25) is 5.15 Å². The maximum absolute atomic E-state index is 16.6. The summed E-state index contributed by atoms with van der Waals surface area (Å²) >= 11 is 6.61. The van der Waals surface area contributed by atoms with Crippen LogP contribution in [-0.4, -0.2) is 41.6 Å². The first-order chi connectivity index (χ1) is 25.9. The van der Waals surface area contributed by atoms with Gasteiger partial charge in [-0.1, -0.05) is 103 Å². The molecule has 53 heavy (non-hydrogen) atoms. The Balaban J connectivity index is 1.31. The lowest BCUT2D eigenvalue weighted by Gasteiger charge is -2.47. The van der Waals surface area contributed by atoms with Gasteiger partial charge in [0.2, 0.25) is 0 Å². The first kappa shape index (κ1) is 33.0. The number of carboxylic acid groups (broad SMARTS) is 1. The highest BCUT2D eigenvalue weighted by atomic mass is 35.5. The standard InChI is InChI=1S/C42H34ClFN6O3/c43-32-23-45-36-30(24-50(40(36)46-32)42(27-11-4-1-5-12-27,28-13-6-2-7-14-28)29-15-8-3-9-16-29)38-48-37(31-17-10-22-53-31)34(44)39(49-38)47-35-26-20-18-25(19-21-26)33(35)41(51)52/h1-17,22-26,33,35H,18-21H2,(H,51,52)(H,47,48,49). The normalized spacial score (nSPS) is 19.7. The molecule has 0 saturated heterocycles. The van der Waals surface area contributed by atoms with Crippen LogP contribution in [0.25, 0.3) is 34.0 Å². The monoisotopic (exact) mass is 724 g/mol. The van der Waals surface area contributed by atoms with E-state index in [-0.39, 0.29) is 40.1 Å². The summed E-state index contributed by atoms with van der Waals surface area (Å²) in [6.45, 7) is 0. The lowest BCUT2D eigenvalue weighted by molar-refractivity contribution is -0.148. The number of carbonyl (C=O) groups is 1. The van der Waals surface area contributed by atoms with Crippen LogP contribution in [0.4, 0.5) is 10.2 Å². The molecule has 3 saturated carbocycles. The molecule has 264 valence electrons. The van der Waals surface area contributed by atoms with Gasteiger partial charge in [0.1, 0.15) is 21.9 Å². The zero-order chi connectivity index (χ0) is 36.1. The van der Waals surface area contributed by atoms with Gasteiger partial charge in [0.15, 0.2) is 28.9 Å². The summed E-state index contributed by atoms with van der Waals surface area (Å²) in [6, 6.07) is 33.2. The topological polar surface area (TPSA) is 119 Å². The van der Waals surface area contributed by atoms with Gasteiger partial charge in [-0.15, -0.1) is 0 Å². The van der Waals surface area contributed by atoms with Crippen molar-refractivity contribution >= 4 is 34.6 Å². The minimum atomic E-state index is -0.985. The molecule has 3 aliphatic rings. The summed E-state index contributed by atoms with van der Waals surface area (Å²) in [6.07, 6.45) is 8.28. The van der Waals surface area contributed by atoms with E-state index in [2.05, 4.69) is 41.7 Å². The minimum Gasteiger partial charge on any atom is -0.481 e. The van der Waals surface area contributed by atoms with Crippen LogP contribution in [0.3, 0.4) is 0 Å². The SMILES string of the molecule is O=C(O)C1C2CCC(CC2)C1Nc1nc(-c2cn(C(c3ccccc3)(c3ccccc3)c3ccccc3)c3nc(Cl)cnc23)nc(-c2ccco2)c1F. The molecular weight excluding hydrogens is 691 g/mol. The summed E-state index contributed by atoms with van der Waals surface area (Å²) in [5.41, 5.74) is 3.20. The number of fused-ring (bicyclic) bond motifs is 4. The fourth-order valence-electron chi connectivity index (χ4n) is 8.75. The van der Waals surface area contributed by atoms with Crippen molar-refractivity contribution in [2.24, 2.45) is 17.8 Å². The highest BCUT2D eigenvalue weighted by Gasteiger charge is 2.48. The molecule has 2 unspecified atom stereocenters. The average molecular weight is 725 g/mol. The van der Waals surface area contributed by atoms with Gasteiger partial charge < -0.3 is 19.4 Å². The van der Waals surface area contributed by atoms with Crippen molar-refractivity contribution in [3.8, 4) is 22.8 Å². The zero-order valence-corrected chi connectivity index (χ0v) is 29.2. The summed E-state index contributed by atoms with van der Waals surface area (Å²) < 4.78 is 24.4. The molecular formula is C42H34ClFN6O3. The maximum Gasteiger partial charge on any atom is 0.308 e. The van der Waals surface area contributed by atoms with Crippen LogP contribution in [-0.2, 0) is 10.3 Å². The minimum absolute atomic E-state index is 0.0176. The van der Waals surface area contributed by atoms with Crippen molar-refractivity contribution in [2.45, 2.75) is 37.3 Å². The Morgan fingerprint density at radius 1 is 0.830 bits per heavy atom. The number of hydrogen-bond acceptors (Lipinski definition) is 7. The van der Waals surface area contributed by atoms with Crippen molar-refractivity contribution in [1.29, 1.82) is 0 Å². The molecule has 2 bridgehead atoms. The molecule has 3 fully saturated rings. The van der Waals surface area contributed by atoms with Crippen LogP contribution in [0.1, 0.15) is 42.4 Å². The number of nitrogens with one attached hydrogen (secondary N) is 1. The van der Waals surface area contributed by atoms with E-state index in [0.29, 0.717) is 16.7 Å². The molecule has 9 nitrogen and oxygen atoms in total. The van der Waals surface area contributed by atoms with E-state index < -0.39 is 29.3 Å². The van der Waals surface area contributed by atoms with Crippen molar-refractivity contribution in [2.75, 3.05) is 5.32 Å². The van der Waals surface area contributed by atoms with Crippen LogP contribution < -0.4 is 5.32 Å². The fraction of sp³-hybridized carbons (Fsp3) is 0.214. The summed E-state index contributed by atoms with van der Waals surface area (Å²) in [5, 5.41) is 13.8. The molecule has 4 aromatic heterocycles. The molecule has 0 amide bonds. The molecule has 3 aromatic carbocycles. The van der Waals surface area contributed by atoms with Crippen molar-refractivity contribution in [1.82, 2.24) is 24.5 Å². The van der Waals surface area contributed by atoms with E-state index in [0.717, 1.165) is 42.4 Å². The first-order valence-corrected chi connectivity index (χ1v) is 18.1. The third-order valence-electron chi connectivity index (χ3n) is 11.1. The zero-order valence-electron chi connectivity index (χ0n) is 28.4. The molecule has 2 N–H and O–H groups in total. The van der Waals surface area contributed by atoms with Gasteiger partial charge in [-0.2, -0.15) is 0 Å². The molecule has 0 spiro atoms. The number of halogens is 2. The molecule has 0 aliphatic heterocycles. The van der Waals surface area contributed by atoms with Gasteiger partial charge in [0, 0.05) is 12.2 Å². The fourth-order valence-corrected chi connectivity index (χ4v) is 8.88. The van der Waals surface area contributed by atoms with Crippen molar-refractivity contribution in [3.63, 3.8) is 0 Å². The Kier molecular flexibility index (Phi) is 8.26. The van der Waals surface area contributed by atoms with Gasteiger partial charge in [-0.25, -0.2) is 24.3 Å². The van der Waals surface area contributed by atoms with E-state index in [1.165, 1.54) is 12.5 Å². The Morgan fingerprint density at radius 3 is 2.00 bits per heavy atom. The van der Waals surface area contributed by atoms with Gasteiger partial charge >= 0.3 is 5.97 Å². The number of furan rings is 1. The smallest absolute Gasteiger partial charge is 0.308 e. The van der Waals surface area contributed by atoms with Crippen molar-refractivity contribution in [3.05, 3.63) is 149 Å². The van der Waals surface area contributed by atoms with Crippen molar-refractivity contribution < 1.29 is 18.7 Å².